The van der Waals surface area contributed by atoms with E-state index in [1.165, 1.54) is 244 Å². The number of carbonyl (C=O) groups is 2. The van der Waals surface area contributed by atoms with E-state index in [0.29, 0.717) is 19.4 Å². The first-order valence-corrected chi connectivity index (χ1v) is 28.4. The van der Waals surface area contributed by atoms with Crippen molar-refractivity contribution < 1.29 is 28.8 Å². The van der Waals surface area contributed by atoms with Crippen molar-refractivity contribution >= 4 is 11.9 Å². The van der Waals surface area contributed by atoms with Crippen LogP contribution in [-0.4, -0.2) is 37.9 Å². The zero-order valence-electron chi connectivity index (χ0n) is 42.8. The fourth-order valence-corrected chi connectivity index (χ4v) is 8.45. The van der Waals surface area contributed by atoms with Gasteiger partial charge in [0, 0.05) is 12.8 Å². The highest BCUT2D eigenvalue weighted by Crippen LogP contribution is 2.17. The zero-order valence-corrected chi connectivity index (χ0v) is 42.8. The van der Waals surface area contributed by atoms with Gasteiger partial charge in [-0.05, 0) is 44.9 Å². The summed E-state index contributed by atoms with van der Waals surface area (Å²) in [5.74, 6) is -0.425. The van der Waals surface area contributed by atoms with Crippen molar-refractivity contribution in [1.29, 1.82) is 0 Å². The van der Waals surface area contributed by atoms with E-state index < -0.39 is 6.10 Å². The van der Waals surface area contributed by atoms with Gasteiger partial charge in [0.05, 0.1) is 6.61 Å². The van der Waals surface area contributed by atoms with Crippen LogP contribution in [-0.2, 0) is 28.8 Å². The van der Waals surface area contributed by atoms with E-state index in [2.05, 4.69) is 32.9 Å². The summed E-state index contributed by atoms with van der Waals surface area (Å²) in [7, 11) is 0. The standard InChI is InChI=1S/C57H110O6/c1-4-7-10-13-16-19-22-25-28-31-34-37-40-43-46-49-52-62-63-55(53-60-56(58)50-47-44-41-38-35-32-29-26-23-20-17-14-11-8-5-2)54-61-57(59)51-48-45-42-39-36-33-30-27-24-21-18-15-12-9-6-3/h25,28,55H,4-24,26-27,29-54H2,1-3H3. The summed E-state index contributed by atoms with van der Waals surface area (Å²) in [6.07, 6.45) is 61.6. The summed E-state index contributed by atoms with van der Waals surface area (Å²) >= 11 is 0. The Kier molecular flexibility index (Phi) is 53.7. The third kappa shape index (κ3) is 53.1. The van der Waals surface area contributed by atoms with Crippen molar-refractivity contribution in [3.05, 3.63) is 12.2 Å². The molecule has 0 saturated carbocycles. The molecule has 0 aromatic carbocycles. The van der Waals surface area contributed by atoms with Crippen LogP contribution >= 0.6 is 0 Å². The van der Waals surface area contributed by atoms with Crippen molar-refractivity contribution in [1.82, 2.24) is 0 Å². The van der Waals surface area contributed by atoms with Gasteiger partial charge in [-0.3, -0.25) is 9.59 Å². The van der Waals surface area contributed by atoms with Crippen LogP contribution in [0.1, 0.15) is 316 Å². The predicted octanol–water partition coefficient (Wildman–Crippen LogP) is 19.0. The maximum Gasteiger partial charge on any atom is 0.305 e. The molecule has 374 valence electrons. The van der Waals surface area contributed by atoms with Crippen molar-refractivity contribution in [3.63, 3.8) is 0 Å². The molecule has 6 nitrogen and oxygen atoms in total. The average molecular weight is 892 g/mol. The van der Waals surface area contributed by atoms with Gasteiger partial charge in [-0.25, -0.2) is 9.78 Å². The average Bonchev–Trinajstić information content (AvgIpc) is 3.29. The van der Waals surface area contributed by atoms with Crippen molar-refractivity contribution in [3.8, 4) is 0 Å². The molecule has 0 aromatic heterocycles. The van der Waals surface area contributed by atoms with Crippen LogP contribution in [0.2, 0.25) is 0 Å². The second-order valence-corrected chi connectivity index (χ2v) is 19.2. The van der Waals surface area contributed by atoms with Crippen molar-refractivity contribution in [2.75, 3.05) is 19.8 Å². The Morgan fingerprint density at radius 2 is 0.587 bits per heavy atom. The number of esters is 2. The molecule has 0 spiro atoms. The molecule has 0 atom stereocenters. The van der Waals surface area contributed by atoms with E-state index in [1.807, 2.05) is 0 Å². The second kappa shape index (κ2) is 54.9. The summed E-state index contributed by atoms with van der Waals surface area (Å²) in [5.41, 5.74) is 0. The maximum atomic E-state index is 12.6. The minimum absolute atomic E-state index is 0.0389. The molecule has 0 amide bonds. The molecule has 0 bridgehead atoms. The van der Waals surface area contributed by atoms with Crippen LogP contribution in [0.15, 0.2) is 12.2 Å². The lowest BCUT2D eigenvalue weighted by Gasteiger charge is -2.17. The topological polar surface area (TPSA) is 71.1 Å². The first-order valence-electron chi connectivity index (χ1n) is 28.4. The van der Waals surface area contributed by atoms with Crippen LogP contribution in [0.4, 0.5) is 0 Å². The molecule has 0 saturated heterocycles. The van der Waals surface area contributed by atoms with E-state index in [0.717, 1.165) is 38.5 Å². The molecule has 0 rings (SSSR count). The molecule has 0 aliphatic heterocycles. The first kappa shape index (κ1) is 61.6. The van der Waals surface area contributed by atoms with E-state index in [1.54, 1.807) is 0 Å². The summed E-state index contributed by atoms with van der Waals surface area (Å²) in [5, 5.41) is 0. The largest absolute Gasteiger partial charge is 0.463 e. The van der Waals surface area contributed by atoms with Gasteiger partial charge in [0.2, 0.25) is 0 Å². The fraction of sp³-hybridized carbons (Fsp3) is 0.930. The molecule has 0 aliphatic rings. The Bertz CT molecular complexity index is 870. The first-order chi connectivity index (χ1) is 31.1. The summed E-state index contributed by atoms with van der Waals surface area (Å²) < 4.78 is 11.2. The predicted molar refractivity (Wildman–Crippen MR) is 271 cm³/mol. The highest BCUT2D eigenvalue weighted by molar-refractivity contribution is 5.69. The van der Waals surface area contributed by atoms with Gasteiger partial charge in [-0.15, -0.1) is 0 Å². The van der Waals surface area contributed by atoms with E-state index in [4.69, 9.17) is 19.2 Å². The smallest absolute Gasteiger partial charge is 0.305 e. The lowest BCUT2D eigenvalue weighted by molar-refractivity contribution is -0.334. The quantitative estimate of drug-likeness (QED) is 0.0199. The molecule has 6 heteroatoms. The summed E-state index contributed by atoms with van der Waals surface area (Å²) in [4.78, 5) is 36.4. The van der Waals surface area contributed by atoms with Crippen LogP contribution in [0.25, 0.3) is 0 Å². The minimum Gasteiger partial charge on any atom is -0.463 e. The molecule has 0 radical (unpaired) electrons. The van der Waals surface area contributed by atoms with Gasteiger partial charge < -0.3 is 9.47 Å². The summed E-state index contributed by atoms with van der Waals surface area (Å²) in [6, 6.07) is 0. The third-order valence-corrected chi connectivity index (χ3v) is 12.8. The van der Waals surface area contributed by atoms with Crippen molar-refractivity contribution in [2.45, 2.75) is 322 Å². The Balaban J connectivity index is 4.21. The van der Waals surface area contributed by atoms with Crippen molar-refractivity contribution in [2.24, 2.45) is 0 Å². The molecular weight excluding hydrogens is 781 g/mol. The lowest BCUT2D eigenvalue weighted by atomic mass is 10.0. The van der Waals surface area contributed by atoms with E-state index in [9.17, 15) is 9.59 Å². The minimum atomic E-state index is -0.617. The highest BCUT2D eigenvalue weighted by atomic mass is 17.2. The number of rotatable bonds is 54. The fourth-order valence-electron chi connectivity index (χ4n) is 8.45. The summed E-state index contributed by atoms with van der Waals surface area (Å²) in [6.45, 7) is 7.40. The Morgan fingerprint density at radius 3 is 0.889 bits per heavy atom. The normalized spacial score (nSPS) is 11.7. The number of ether oxygens (including phenoxy) is 2. The SMILES string of the molecule is CCCCCCCCC=CCCCCCCCCOOC(COC(=O)CCCCCCCCCCCCCCCCC)COC(=O)CCCCCCCCCCCCCCCCC. The molecular formula is C57H110O6. The van der Waals surface area contributed by atoms with Crippen LogP contribution in [0, 0.1) is 0 Å². The number of hydrogen-bond acceptors (Lipinski definition) is 6. The number of hydrogen-bond donors (Lipinski definition) is 0. The van der Waals surface area contributed by atoms with E-state index in [-0.39, 0.29) is 25.2 Å². The highest BCUT2D eigenvalue weighted by Gasteiger charge is 2.17. The number of carbonyl (C=O) groups excluding carboxylic acids is 2. The van der Waals surface area contributed by atoms with Gasteiger partial charge in [-0.1, -0.05) is 270 Å². The molecule has 63 heavy (non-hydrogen) atoms. The molecule has 0 N–H and O–H groups in total. The molecule has 0 aliphatic carbocycles. The zero-order chi connectivity index (χ0) is 45.6. The maximum absolute atomic E-state index is 12.6. The van der Waals surface area contributed by atoms with Crippen LogP contribution < -0.4 is 0 Å². The van der Waals surface area contributed by atoms with Gasteiger partial charge in [-0.2, -0.15) is 0 Å². The monoisotopic (exact) mass is 891 g/mol. The van der Waals surface area contributed by atoms with Gasteiger partial charge in [0.25, 0.3) is 0 Å². The Morgan fingerprint density at radius 1 is 0.333 bits per heavy atom. The van der Waals surface area contributed by atoms with Gasteiger partial charge in [0.1, 0.15) is 13.2 Å². The van der Waals surface area contributed by atoms with Crippen LogP contribution in [0.3, 0.4) is 0 Å². The molecule has 0 unspecified atom stereocenters. The molecule has 0 aromatic rings. The number of allylic oxidation sites excluding steroid dienone is 2. The Labute approximate surface area is 393 Å². The van der Waals surface area contributed by atoms with E-state index >= 15 is 0 Å². The second-order valence-electron chi connectivity index (χ2n) is 19.2. The number of unbranched alkanes of at least 4 members (excludes halogenated alkanes) is 40. The van der Waals surface area contributed by atoms with Gasteiger partial charge >= 0.3 is 11.9 Å². The molecule has 0 fully saturated rings. The lowest BCUT2D eigenvalue weighted by Crippen LogP contribution is -2.29. The molecule has 0 heterocycles. The third-order valence-electron chi connectivity index (χ3n) is 12.8. The Hall–Kier alpha value is -1.40. The van der Waals surface area contributed by atoms with Gasteiger partial charge in [0.15, 0.2) is 6.10 Å². The van der Waals surface area contributed by atoms with Crippen LogP contribution in [0.5, 0.6) is 0 Å².